The standard InChI is InChI=1S/C12H18N2O3/c1-3-4-10(15)8-13-11-7-9(2)5-6-12(11)14(16)17/h5-7,10,13,15H,3-4,8H2,1-2H3. The first-order valence-electron chi connectivity index (χ1n) is 5.71. The van der Waals surface area contributed by atoms with Crippen molar-refractivity contribution >= 4 is 11.4 Å². The summed E-state index contributed by atoms with van der Waals surface area (Å²) in [5.74, 6) is 0. The minimum atomic E-state index is -0.472. The third kappa shape index (κ3) is 4.03. The van der Waals surface area contributed by atoms with E-state index in [2.05, 4.69) is 5.32 Å². The summed E-state index contributed by atoms with van der Waals surface area (Å²) in [5, 5.41) is 23.3. The number of aliphatic hydroxyl groups excluding tert-OH is 1. The monoisotopic (exact) mass is 238 g/mol. The van der Waals surface area contributed by atoms with Crippen LogP contribution in [0.25, 0.3) is 0 Å². The van der Waals surface area contributed by atoms with Crippen LogP contribution in [0.4, 0.5) is 11.4 Å². The summed E-state index contributed by atoms with van der Waals surface area (Å²) in [4.78, 5) is 10.4. The fraction of sp³-hybridized carbons (Fsp3) is 0.500. The minimum Gasteiger partial charge on any atom is -0.391 e. The molecule has 0 bridgehead atoms. The number of aryl methyl sites for hydroxylation is 1. The van der Waals surface area contributed by atoms with Gasteiger partial charge in [0.15, 0.2) is 0 Å². The van der Waals surface area contributed by atoms with E-state index in [0.29, 0.717) is 18.7 Å². The molecule has 1 rings (SSSR count). The number of nitrogens with zero attached hydrogens (tertiary/aromatic N) is 1. The molecule has 1 aromatic carbocycles. The Morgan fingerprint density at radius 1 is 1.53 bits per heavy atom. The summed E-state index contributed by atoms with van der Waals surface area (Å²) in [6.45, 7) is 4.19. The lowest BCUT2D eigenvalue weighted by molar-refractivity contribution is -0.384. The number of aliphatic hydroxyl groups is 1. The molecule has 0 aliphatic heterocycles. The third-order valence-corrected chi connectivity index (χ3v) is 2.50. The Morgan fingerprint density at radius 2 is 2.24 bits per heavy atom. The van der Waals surface area contributed by atoms with Crippen molar-refractivity contribution in [3.63, 3.8) is 0 Å². The molecule has 1 aromatic rings. The fourth-order valence-corrected chi connectivity index (χ4v) is 1.61. The Balaban J connectivity index is 2.75. The van der Waals surface area contributed by atoms with Gasteiger partial charge in [-0.05, 0) is 25.0 Å². The van der Waals surface area contributed by atoms with Crippen LogP contribution in [0.15, 0.2) is 18.2 Å². The molecule has 0 fully saturated rings. The quantitative estimate of drug-likeness (QED) is 0.589. The Kier molecular flexibility index (Phi) is 4.90. The molecule has 0 aliphatic rings. The van der Waals surface area contributed by atoms with Crippen molar-refractivity contribution in [2.75, 3.05) is 11.9 Å². The van der Waals surface area contributed by atoms with Gasteiger partial charge in [-0.25, -0.2) is 0 Å². The van der Waals surface area contributed by atoms with Gasteiger partial charge in [0, 0.05) is 12.6 Å². The Morgan fingerprint density at radius 3 is 2.82 bits per heavy atom. The van der Waals surface area contributed by atoms with Gasteiger partial charge >= 0.3 is 0 Å². The van der Waals surface area contributed by atoms with Crippen LogP contribution in [0.3, 0.4) is 0 Å². The van der Waals surface area contributed by atoms with E-state index in [1.807, 2.05) is 13.8 Å². The fourth-order valence-electron chi connectivity index (χ4n) is 1.61. The van der Waals surface area contributed by atoms with E-state index in [0.717, 1.165) is 12.0 Å². The first-order valence-corrected chi connectivity index (χ1v) is 5.71. The van der Waals surface area contributed by atoms with Gasteiger partial charge in [0.2, 0.25) is 0 Å². The van der Waals surface area contributed by atoms with Crippen molar-refractivity contribution in [1.29, 1.82) is 0 Å². The summed E-state index contributed by atoms with van der Waals surface area (Å²) in [6, 6.07) is 4.90. The molecule has 2 N–H and O–H groups in total. The van der Waals surface area contributed by atoms with Crippen molar-refractivity contribution in [1.82, 2.24) is 0 Å². The average molecular weight is 238 g/mol. The SMILES string of the molecule is CCCC(O)CNc1cc(C)ccc1[N+](=O)[O-]. The van der Waals surface area contributed by atoms with Gasteiger partial charge in [-0.1, -0.05) is 19.4 Å². The largest absolute Gasteiger partial charge is 0.391 e. The van der Waals surface area contributed by atoms with Crippen molar-refractivity contribution in [3.8, 4) is 0 Å². The van der Waals surface area contributed by atoms with Gasteiger partial charge < -0.3 is 10.4 Å². The van der Waals surface area contributed by atoms with Gasteiger partial charge in [0.05, 0.1) is 11.0 Å². The predicted molar refractivity (Wildman–Crippen MR) is 67.2 cm³/mol. The molecule has 0 saturated heterocycles. The number of benzene rings is 1. The lowest BCUT2D eigenvalue weighted by Crippen LogP contribution is -2.19. The zero-order valence-electron chi connectivity index (χ0n) is 10.1. The van der Waals surface area contributed by atoms with Crippen molar-refractivity contribution in [2.24, 2.45) is 0 Å². The average Bonchev–Trinajstić information content (AvgIpc) is 2.26. The van der Waals surface area contributed by atoms with Gasteiger partial charge in [0.25, 0.3) is 5.69 Å². The van der Waals surface area contributed by atoms with Gasteiger partial charge in [-0.2, -0.15) is 0 Å². The molecule has 17 heavy (non-hydrogen) atoms. The summed E-state index contributed by atoms with van der Waals surface area (Å²) in [6.07, 6.45) is 1.10. The number of nitro benzene ring substituents is 1. The number of hydrogen-bond donors (Lipinski definition) is 2. The summed E-state index contributed by atoms with van der Waals surface area (Å²) < 4.78 is 0. The van der Waals surface area contributed by atoms with E-state index in [1.165, 1.54) is 6.07 Å². The molecule has 1 atom stereocenters. The van der Waals surface area contributed by atoms with Gasteiger partial charge in [-0.15, -0.1) is 0 Å². The lowest BCUT2D eigenvalue weighted by atomic mass is 10.1. The summed E-state index contributed by atoms with van der Waals surface area (Å²) in [7, 11) is 0. The molecule has 0 saturated carbocycles. The lowest BCUT2D eigenvalue weighted by Gasteiger charge is -2.12. The highest BCUT2D eigenvalue weighted by Gasteiger charge is 2.14. The maximum absolute atomic E-state index is 10.8. The Bertz CT molecular complexity index is 393. The molecule has 0 amide bonds. The van der Waals surface area contributed by atoms with Crippen LogP contribution in [0.1, 0.15) is 25.3 Å². The molecule has 0 spiro atoms. The highest BCUT2D eigenvalue weighted by molar-refractivity contribution is 5.62. The minimum absolute atomic E-state index is 0.0410. The molecule has 5 heteroatoms. The predicted octanol–water partition coefficient (Wildman–Crippen LogP) is 2.48. The Hall–Kier alpha value is -1.62. The number of nitro groups is 1. The van der Waals surface area contributed by atoms with E-state index in [-0.39, 0.29) is 5.69 Å². The van der Waals surface area contributed by atoms with Crippen LogP contribution in [-0.2, 0) is 0 Å². The van der Waals surface area contributed by atoms with Crippen LogP contribution in [0.2, 0.25) is 0 Å². The van der Waals surface area contributed by atoms with E-state index >= 15 is 0 Å². The van der Waals surface area contributed by atoms with E-state index in [4.69, 9.17) is 0 Å². The number of rotatable bonds is 6. The molecule has 94 valence electrons. The molecule has 0 heterocycles. The molecule has 1 unspecified atom stereocenters. The second kappa shape index (κ2) is 6.20. The normalized spacial score (nSPS) is 12.2. The highest BCUT2D eigenvalue weighted by atomic mass is 16.6. The zero-order valence-corrected chi connectivity index (χ0v) is 10.1. The third-order valence-electron chi connectivity index (χ3n) is 2.50. The summed E-state index contributed by atoms with van der Waals surface area (Å²) >= 11 is 0. The maximum atomic E-state index is 10.8. The van der Waals surface area contributed by atoms with Crippen LogP contribution in [0.5, 0.6) is 0 Å². The molecule has 0 aromatic heterocycles. The number of hydrogen-bond acceptors (Lipinski definition) is 4. The van der Waals surface area contributed by atoms with Crippen molar-refractivity contribution in [3.05, 3.63) is 33.9 Å². The number of anilines is 1. The van der Waals surface area contributed by atoms with Crippen molar-refractivity contribution < 1.29 is 10.0 Å². The van der Waals surface area contributed by atoms with E-state index in [9.17, 15) is 15.2 Å². The van der Waals surface area contributed by atoms with E-state index in [1.54, 1.807) is 12.1 Å². The topological polar surface area (TPSA) is 75.4 Å². The van der Waals surface area contributed by atoms with Crippen LogP contribution in [0, 0.1) is 17.0 Å². The number of nitrogens with one attached hydrogen (secondary N) is 1. The zero-order chi connectivity index (χ0) is 12.8. The molecule has 0 aliphatic carbocycles. The maximum Gasteiger partial charge on any atom is 0.292 e. The first kappa shape index (κ1) is 13.4. The first-order chi connectivity index (χ1) is 8.04. The molecule has 5 nitrogen and oxygen atoms in total. The summed E-state index contributed by atoms with van der Waals surface area (Å²) in [5.41, 5.74) is 1.45. The molecule has 0 radical (unpaired) electrons. The van der Waals surface area contributed by atoms with E-state index < -0.39 is 11.0 Å². The van der Waals surface area contributed by atoms with Crippen LogP contribution in [-0.4, -0.2) is 22.7 Å². The Labute approximate surface area is 101 Å². The molecular weight excluding hydrogens is 220 g/mol. The van der Waals surface area contributed by atoms with Gasteiger partial charge in [0.1, 0.15) is 5.69 Å². The van der Waals surface area contributed by atoms with Gasteiger partial charge in [-0.3, -0.25) is 10.1 Å². The van der Waals surface area contributed by atoms with Crippen molar-refractivity contribution in [2.45, 2.75) is 32.8 Å². The second-order valence-corrected chi connectivity index (χ2v) is 4.10. The highest BCUT2D eigenvalue weighted by Crippen LogP contribution is 2.25. The molecular formula is C12H18N2O3. The smallest absolute Gasteiger partial charge is 0.292 e. The van der Waals surface area contributed by atoms with Crippen LogP contribution < -0.4 is 5.32 Å². The second-order valence-electron chi connectivity index (χ2n) is 4.10. The van der Waals surface area contributed by atoms with Crippen LogP contribution >= 0.6 is 0 Å².